The second kappa shape index (κ2) is 9.60. The lowest BCUT2D eigenvalue weighted by Crippen LogP contribution is -2.23. The number of pyridine rings is 1. The first-order valence-electron chi connectivity index (χ1n) is 10.5. The Kier molecular flexibility index (Phi) is 6.44. The van der Waals surface area contributed by atoms with Crippen molar-refractivity contribution >= 4 is 17.1 Å². The molecule has 2 heterocycles. The molecule has 1 N–H and O–H groups in total. The summed E-state index contributed by atoms with van der Waals surface area (Å²) in [6.07, 6.45) is 2.59. The van der Waals surface area contributed by atoms with E-state index in [4.69, 9.17) is 9.72 Å². The van der Waals surface area contributed by atoms with Crippen molar-refractivity contribution in [3.8, 4) is 5.75 Å². The SMILES string of the molecule is COc1ccc(CNC(=O)CCc2nc3cc(C)cnc3n2Cc2ccc(F)cc2)cc1. The summed E-state index contributed by atoms with van der Waals surface area (Å²) in [4.78, 5) is 21.7. The summed E-state index contributed by atoms with van der Waals surface area (Å²) in [5, 5.41) is 2.95. The van der Waals surface area contributed by atoms with E-state index < -0.39 is 0 Å². The maximum Gasteiger partial charge on any atom is 0.220 e. The lowest BCUT2D eigenvalue weighted by atomic mass is 10.2. The van der Waals surface area contributed by atoms with Gasteiger partial charge >= 0.3 is 0 Å². The van der Waals surface area contributed by atoms with Gasteiger partial charge in [0.2, 0.25) is 5.91 Å². The molecule has 4 aromatic rings. The number of nitrogens with one attached hydrogen (secondary N) is 1. The van der Waals surface area contributed by atoms with Crippen molar-refractivity contribution in [2.45, 2.75) is 32.9 Å². The van der Waals surface area contributed by atoms with E-state index in [1.165, 1.54) is 12.1 Å². The molecular weight excluding hydrogens is 407 g/mol. The minimum absolute atomic E-state index is 0.0506. The number of halogens is 1. The molecule has 0 spiro atoms. The maximum atomic E-state index is 13.3. The van der Waals surface area contributed by atoms with Crippen LogP contribution >= 0.6 is 0 Å². The summed E-state index contributed by atoms with van der Waals surface area (Å²) in [5.74, 6) is 1.24. The molecule has 0 bridgehead atoms. The summed E-state index contributed by atoms with van der Waals surface area (Å²) in [6.45, 7) is 2.93. The first kappa shape index (κ1) is 21.5. The van der Waals surface area contributed by atoms with Crippen molar-refractivity contribution < 1.29 is 13.9 Å². The van der Waals surface area contributed by atoms with Crippen molar-refractivity contribution in [1.29, 1.82) is 0 Å². The molecule has 0 aliphatic heterocycles. The third kappa shape index (κ3) is 5.11. The minimum atomic E-state index is -0.272. The van der Waals surface area contributed by atoms with Crippen molar-refractivity contribution in [2.24, 2.45) is 0 Å². The molecule has 0 atom stereocenters. The Balaban J connectivity index is 1.46. The predicted molar refractivity (Wildman–Crippen MR) is 121 cm³/mol. The van der Waals surface area contributed by atoms with Crippen LogP contribution in [0.3, 0.4) is 0 Å². The molecule has 2 aromatic carbocycles. The van der Waals surface area contributed by atoms with E-state index in [-0.39, 0.29) is 11.7 Å². The average Bonchev–Trinajstić information content (AvgIpc) is 3.14. The molecule has 6 nitrogen and oxygen atoms in total. The van der Waals surface area contributed by atoms with Crippen LogP contribution in [0.15, 0.2) is 60.8 Å². The van der Waals surface area contributed by atoms with Gasteiger partial charge < -0.3 is 14.6 Å². The van der Waals surface area contributed by atoms with Crippen molar-refractivity contribution in [1.82, 2.24) is 19.9 Å². The zero-order valence-electron chi connectivity index (χ0n) is 18.1. The number of carbonyl (C=O) groups excluding carboxylic acids is 1. The number of amides is 1. The smallest absolute Gasteiger partial charge is 0.220 e. The van der Waals surface area contributed by atoms with Gasteiger partial charge in [-0.15, -0.1) is 0 Å². The molecule has 0 saturated heterocycles. The molecule has 4 rings (SSSR count). The molecule has 2 aromatic heterocycles. The largest absolute Gasteiger partial charge is 0.497 e. The topological polar surface area (TPSA) is 69.0 Å². The van der Waals surface area contributed by atoms with Crippen LogP contribution in [0.2, 0.25) is 0 Å². The van der Waals surface area contributed by atoms with Gasteiger partial charge in [0.05, 0.1) is 13.7 Å². The van der Waals surface area contributed by atoms with Crippen molar-refractivity contribution in [2.75, 3.05) is 7.11 Å². The monoisotopic (exact) mass is 432 g/mol. The highest BCUT2D eigenvalue weighted by Gasteiger charge is 2.14. The summed E-state index contributed by atoms with van der Waals surface area (Å²) in [7, 11) is 1.62. The Morgan fingerprint density at radius 2 is 1.81 bits per heavy atom. The zero-order valence-corrected chi connectivity index (χ0v) is 18.1. The molecule has 164 valence electrons. The number of rotatable bonds is 8. The van der Waals surface area contributed by atoms with E-state index >= 15 is 0 Å². The third-order valence-electron chi connectivity index (χ3n) is 5.28. The molecule has 7 heteroatoms. The van der Waals surface area contributed by atoms with Gasteiger partial charge in [-0.25, -0.2) is 14.4 Å². The lowest BCUT2D eigenvalue weighted by Gasteiger charge is -2.10. The van der Waals surface area contributed by atoms with Crippen LogP contribution in [-0.2, 0) is 24.3 Å². The van der Waals surface area contributed by atoms with E-state index in [9.17, 15) is 9.18 Å². The number of carbonyl (C=O) groups is 1. The Bertz CT molecular complexity index is 1220. The lowest BCUT2D eigenvalue weighted by molar-refractivity contribution is -0.121. The number of nitrogens with zero attached hydrogens (tertiary/aromatic N) is 3. The number of ether oxygens (including phenoxy) is 1. The van der Waals surface area contributed by atoms with Crippen molar-refractivity contribution in [3.63, 3.8) is 0 Å². The number of aryl methyl sites for hydroxylation is 2. The molecule has 1 amide bonds. The minimum Gasteiger partial charge on any atom is -0.497 e. The summed E-state index contributed by atoms with van der Waals surface area (Å²) in [5.41, 5.74) is 4.52. The number of imidazole rings is 1. The van der Waals surface area contributed by atoms with E-state index in [1.54, 1.807) is 25.4 Å². The van der Waals surface area contributed by atoms with Crippen LogP contribution in [0.4, 0.5) is 4.39 Å². The second-order valence-corrected chi connectivity index (χ2v) is 7.72. The standard InChI is InChI=1S/C25H25FN4O2/c1-17-13-22-25(28-14-17)30(16-19-3-7-20(26)8-4-19)23(29-22)11-12-24(31)27-15-18-5-9-21(32-2)10-6-18/h3-10,13-14H,11-12,15-16H2,1-2H3,(H,27,31). The molecule has 0 aliphatic carbocycles. The van der Waals surface area contributed by atoms with Gasteiger partial charge in [-0.2, -0.15) is 0 Å². The zero-order chi connectivity index (χ0) is 22.5. The van der Waals surface area contributed by atoms with Crippen LogP contribution in [0, 0.1) is 12.7 Å². The Labute approximate surface area is 186 Å². The van der Waals surface area contributed by atoms with E-state index in [0.717, 1.165) is 39.4 Å². The van der Waals surface area contributed by atoms with Gasteiger partial charge in [0.25, 0.3) is 0 Å². The highest BCUT2D eigenvalue weighted by Crippen LogP contribution is 2.19. The molecular formula is C25H25FN4O2. The molecule has 0 saturated carbocycles. The first-order chi connectivity index (χ1) is 15.5. The van der Waals surface area contributed by atoms with Crippen LogP contribution < -0.4 is 10.1 Å². The van der Waals surface area contributed by atoms with E-state index in [2.05, 4.69) is 10.3 Å². The van der Waals surface area contributed by atoms with Crippen LogP contribution in [-0.4, -0.2) is 27.6 Å². The highest BCUT2D eigenvalue weighted by molar-refractivity contribution is 5.76. The average molecular weight is 432 g/mol. The quantitative estimate of drug-likeness (QED) is 0.453. The fourth-order valence-electron chi connectivity index (χ4n) is 3.55. The predicted octanol–water partition coefficient (Wildman–Crippen LogP) is 4.18. The van der Waals surface area contributed by atoms with E-state index in [1.807, 2.05) is 41.8 Å². The summed E-state index contributed by atoms with van der Waals surface area (Å²) < 4.78 is 20.5. The van der Waals surface area contributed by atoms with Gasteiger partial charge in [-0.3, -0.25) is 4.79 Å². The van der Waals surface area contributed by atoms with Crippen LogP contribution in [0.5, 0.6) is 5.75 Å². The normalized spacial score (nSPS) is 11.0. The Morgan fingerprint density at radius 1 is 1.09 bits per heavy atom. The van der Waals surface area contributed by atoms with Crippen LogP contribution in [0.1, 0.15) is 28.9 Å². The van der Waals surface area contributed by atoms with Gasteiger partial charge in [0, 0.05) is 25.6 Å². The molecule has 0 unspecified atom stereocenters. The number of hydrogen-bond donors (Lipinski definition) is 1. The molecule has 0 fully saturated rings. The first-order valence-corrected chi connectivity index (χ1v) is 10.5. The molecule has 0 radical (unpaired) electrons. The maximum absolute atomic E-state index is 13.3. The van der Waals surface area contributed by atoms with Crippen molar-refractivity contribution in [3.05, 3.63) is 89.1 Å². The Morgan fingerprint density at radius 3 is 2.53 bits per heavy atom. The molecule has 0 aliphatic rings. The second-order valence-electron chi connectivity index (χ2n) is 7.72. The molecule has 32 heavy (non-hydrogen) atoms. The Hall–Kier alpha value is -3.74. The highest BCUT2D eigenvalue weighted by atomic mass is 19.1. The van der Waals surface area contributed by atoms with Gasteiger partial charge in [-0.1, -0.05) is 24.3 Å². The van der Waals surface area contributed by atoms with Gasteiger partial charge in [0.15, 0.2) is 5.65 Å². The summed E-state index contributed by atoms with van der Waals surface area (Å²) >= 11 is 0. The van der Waals surface area contributed by atoms with Gasteiger partial charge in [-0.05, 0) is 53.9 Å². The number of methoxy groups -OCH3 is 1. The van der Waals surface area contributed by atoms with Crippen LogP contribution in [0.25, 0.3) is 11.2 Å². The number of fused-ring (bicyclic) bond motifs is 1. The third-order valence-corrected chi connectivity index (χ3v) is 5.28. The fraction of sp³-hybridized carbons (Fsp3) is 0.240. The van der Waals surface area contributed by atoms with E-state index in [0.29, 0.717) is 25.9 Å². The fourth-order valence-corrected chi connectivity index (χ4v) is 3.55. The van der Waals surface area contributed by atoms with Gasteiger partial charge in [0.1, 0.15) is 22.9 Å². The number of benzene rings is 2. The number of aromatic nitrogens is 3. The summed E-state index contributed by atoms with van der Waals surface area (Å²) in [6, 6.07) is 16.0. The number of hydrogen-bond acceptors (Lipinski definition) is 4.